The number of hydrogen-bond acceptors (Lipinski definition) is 4. The molecule has 21 heavy (non-hydrogen) atoms. The van der Waals surface area contributed by atoms with Gasteiger partial charge in [0.1, 0.15) is 0 Å². The van der Waals surface area contributed by atoms with Crippen molar-refractivity contribution in [2.75, 3.05) is 6.61 Å². The Balaban J connectivity index is 2.24. The molecule has 0 saturated carbocycles. The van der Waals surface area contributed by atoms with Crippen LogP contribution in [-0.4, -0.2) is 32.4 Å². The second-order valence-electron chi connectivity index (χ2n) is 4.10. The molecule has 2 aromatic rings. The minimum atomic E-state index is -4.45. The van der Waals surface area contributed by atoms with Crippen molar-refractivity contribution in [2.45, 2.75) is 6.18 Å². The van der Waals surface area contributed by atoms with Crippen LogP contribution in [0.5, 0.6) is 5.88 Å². The molecule has 0 aliphatic heterocycles. The van der Waals surface area contributed by atoms with E-state index in [1.165, 1.54) is 16.8 Å². The monoisotopic (exact) mass is 301 g/mol. The largest absolute Gasteiger partial charge is 0.479 e. The highest BCUT2D eigenvalue weighted by Crippen LogP contribution is 2.30. The van der Waals surface area contributed by atoms with E-state index in [0.29, 0.717) is 5.69 Å². The number of rotatable bonds is 4. The van der Waals surface area contributed by atoms with Crippen molar-refractivity contribution in [3.05, 3.63) is 30.0 Å². The van der Waals surface area contributed by atoms with Crippen LogP contribution in [-0.2, 0) is 18.0 Å². The molecule has 0 atom stereocenters. The highest BCUT2D eigenvalue weighted by Gasteiger charge is 2.30. The Morgan fingerprint density at radius 2 is 2.14 bits per heavy atom. The second-order valence-corrected chi connectivity index (χ2v) is 4.10. The lowest BCUT2D eigenvalue weighted by Crippen LogP contribution is -2.09. The maximum atomic E-state index is 12.4. The molecule has 0 spiro atoms. The summed E-state index contributed by atoms with van der Waals surface area (Å²) in [4.78, 5) is 14.1. The molecular formula is C12H10F3N3O3. The number of hydrogen-bond donors (Lipinski definition) is 1. The fourth-order valence-electron chi connectivity index (χ4n) is 1.60. The third-order valence-electron chi connectivity index (χ3n) is 2.55. The molecule has 0 unspecified atom stereocenters. The summed E-state index contributed by atoms with van der Waals surface area (Å²) >= 11 is 0. The average Bonchev–Trinajstić information content (AvgIpc) is 2.77. The van der Waals surface area contributed by atoms with Gasteiger partial charge in [-0.3, -0.25) is 9.67 Å². The molecule has 0 aliphatic rings. The van der Waals surface area contributed by atoms with E-state index in [1.54, 1.807) is 7.05 Å². The van der Waals surface area contributed by atoms with E-state index in [2.05, 4.69) is 10.1 Å². The lowest BCUT2D eigenvalue weighted by atomic mass is 10.2. The zero-order valence-electron chi connectivity index (χ0n) is 10.8. The van der Waals surface area contributed by atoms with Gasteiger partial charge in [0.05, 0.1) is 17.0 Å². The number of carboxylic acid groups (broad SMARTS) is 1. The van der Waals surface area contributed by atoms with Gasteiger partial charge in [-0.2, -0.15) is 13.2 Å². The summed E-state index contributed by atoms with van der Waals surface area (Å²) in [5, 5.41) is 12.4. The Morgan fingerprint density at radius 3 is 2.67 bits per heavy atom. The SMILES string of the molecule is Cn1nc(OCC(=O)O)cc1-c1ccc(C(F)(F)F)cn1. The van der Waals surface area contributed by atoms with Crippen molar-refractivity contribution >= 4 is 5.97 Å². The van der Waals surface area contributed by atoms with E-state index in [-0.39, 0.29) is 11.6 Å². The van der Waals surface area contributed by atoms with E-state index in [4.69, 9.17) is 9.84 Å². The van der Waals surface area contributed by atoms with Crippen LogP contribution in [0.4, 0.5) is 13.2 Å². The van der Waals surface area contributed by atoms with Crippen LogP contribution in [0.3, 0.4) is 0 Å². The molecule has 0 amide bonds. The third kappa shape index (κ3) is 3.50. The predicted molar refractivity (Wildman–Crippen MR) is 64.6 cm³/mol. The van der Waals surface area contributed by atoms with Crippen molar-refractivity contribution in [2.24, 2.45) is 7.05 Å². The lowest BCUT2D eigenvalue weighted by Gasteiger charge is -2.06. The second kappa shape index (κ2) is 5.43. The fourth-order valence-corrected chi connectivity index (χ4v) is 1.60. The minimum absolute atomic E-state index is 0.0524. The minimum Gasteiger partial charge on any atom is -0.479 e. The zero-order valence-corrected chi connectivity index (χ0v) is 10.8. The topological polar surface area (TPSA) is 77.2 Å². The lowest BCUT2D eigenvalue weighted by molar-refractivity contribution is -0.139. The molecule has 0 fully saturated rings. The van der Waals surface area contributed by atoms with E-state index in [9.17, 15) is 18.0 Å². The molecule has 9 heteroatoms. The summed E-state index contributed by atoms with van der Waals surface area (Å²) in [5.74, 6) is -1.11. The normalized spacial score (nSPS) is 11.4. The molecule has 2 aromatic heterocycles. The third-order valence-corrected chi connectivity index (χ3v) is 2.55. The van der Waals surface area contributed by atoms with Crippen LogP contribution in [0.25, 0.3) is 11.4 Å². The average molecular weight is 301 g/mol. The number of halogens is 3. The van der Waals surface area contributed by atoms with Gasteiger partial charge in [0.15, 0.2) is 6.61 Å². The molecule has 112 valence electrons. The van der Waals surface area contributed by atoms with Gasteiger partial charge in [0.2, 0.25) is 5.88 Å². The Kier molecular flexibility index (Phi) is 3.83. The van der Waals surface area contributed by atoms with Gasteiger partial charge in [-0.1, -0.05) is 0 Å². The quantitative estimate of drug-likeness (QED) is 0.934. The Morgan fingerprint density at radius 1 is 1.43 bits per heavy atom. The van der Waals surface area contributed by atoms with Crippen molar-refractivity contribution < 1.29 is 27.8 Å². The summed E-state index contributed by atoms with van der Waals surface area (Å²) in [6.07, 6.45) is -3.73. The van der Waals surface area contributed by atoms with E-state index < -0.39 is 24.3 Å². The number of nitrogens with zero attached hydrogens (tertiary/aromatic N) is 3. The molecule has 0 aliphatic carbocycles. The first-order chi connectivity index (χ1) is 9.77. The Labute approximate surface area is 116 Å². The first-order valence-corrected chi connectivity index (χ1v) is 5.69. The van der Waals surface area contributed by atoms with Gasteiger partial charge in [0, 0.05) is 19.3 Å². The van der Waals surface area contributed by atoms with Gasteiger partial charge in [-0.25, -0.2) is 4.79 Å². The first-order valence-electron chi connectivity index (χ1n) is 5.69. The van der Waals surface area contributed by atoms with Crippen LogP contribution in [0.15, 0.2) is 24.4 Å². The highest BCUT2D eigenvalue weighted by atomic mass is 19.4. The summed E-state index contributed by atoms with van der Waals surface area (Å²) in [6, 6.07) is 3.52. The number of aliphatic carboxylic acids is 1. The molecule has 0 aromatic carbocycles. The molecule has 2 rings (SSSR count). The number of carbonyl (C=O) groups is 1. The number of aryl methyl sites for hydroxylation is 1. The van der Waals surface area contributed by atoms with Crippen LogP contribution < -0.4 is 4.74 Å². The Bertz CT molecular complexity index is 650. The Hall–Kier alpha value is -2.58. The zero-order chi connectivity index (χ0) is 15.6. The maximum absolute atomic E-state index is 12.4. The van der Waals surface area contributed by atoms with Crippen LogP contribution in [0.1, 0.15) is 5.56 Å². The highest BCUT2D eigenvalue weighted by molar-refractivity contribution is 5.68. The molecule has 1 N–H and O–H groups in total. The van der Waals surface area contributed by atoms with Gasteiger partial charge in [-0.05, 0) is 12.1 Å². The number of ether oxygens (including phenoxy) is 1. The van der Waals surface area contributed by atoms with Crippen molar-refractivity contribution in [3.8, 4) is 17.3 Å². The summed E-state index contributed by atoms with van der Waals surface area (Å²) in [7, 11) is 1.54. The maximum Gasteiger partial charge on any atom is 0.417 e. The number of alkyl halides is 3. The number of carboxylic acids is 1. The van der Waals surface area contributed by atoms with Gasteiger partial charge in [-0.15, -0.1) is 5.10 Å². The van der Waals surface area contributed by atoms with Gasteiger partial charge < -0.3 is 9.84 Å². The van der Waals surface area contributed by atoms with Gasteiger partial charge in [0.25, 0.3) is 0 Å². The van der Waals surface area contributed by atoms with E-state index in [1.807, 2.05) is 0 Å². The van der Waals surface area contributed by atoms with Crippen molar-refractivity contribution in [1.29, 1.82) is 0 Å². The molecule has 6 nitrogen and oxygen atoms in total. The summed E-state index contributed by atoms with van der Waals surface area (Å²) in [5.41, 5.74) is -0.178. The van der Waals surface area contributed by atoms with Crippen molar-refractivity contribution in [1.82, 2.24) is 14.8 Å². The molecular weight excluding hydrogens is 291 g/mol. The number of aromatic nitrogens is 3. The summed E-state index contributed by atoms with van der Waals surface area (Å²) < 4.78 is 43.6. The van der Waals surface area contributed by atoms with E-state index in [0.717, 1.165) is 12.3 Å². The molecule has 0 bridgehead atoms. The molecule has 0 saturated heterocycles. The van der Waals surface area contributed by atoms with Gasteiger partial charge >= 0.3 is 12.1 Å². The predicted octanol–water partition coefficient (Wildman–Crippen LogP) is 1.96. The summed E-state index contributed by atoms with van der Waals surface area (Å²) in [6.45, 7) is -0.559. The molecule has 0 radical (unpaired) electrons. The number of pyridine rings is 1. The van der Waals surface area contributed by atoms with E-state index >= 15 is 0 Å². The smallest absolute Gasteiger partial charge is 0.417 e. The van der Waals surface area contributed by atoms with Crippen LogP contribution >= 0.6 is 0 Å². The molecule has 2 heterocycles. The van der Waals surface area contributed by atoms with Crippen LogP contribution in [0.2, 0.25) is 0 Å². The van der Waals surface area contributed by atoms with Crippen LogP contribution in [0, 0.1) is 0 Å². The van der Waals surface area contributed by atoms with Crippen molar-refractivity contribution in [3.63, 3.8) is 0 Å². The standard InChI is InChI=1S/C12H10F3N3O3/c1-18-9(4-10(17-18)21-6-11(19)20)8-3-2-7(5-16-8)12(13,14)15/h2-5H,6H2,1H3,(H,19,20). The fraction of sp³-hybridized carbons (Fsp3) is 0.250. The first kappa shape index (κ1) is 14.8.